The van der Waals surface area contributed by atoms with Crippen molar-refractivity contribution in [2.75, 3.05) is 0 Å². The number of aromatic nitrogens is 2. The van der Waals surface area contributed by atoms with E-state index in [9.17, 15) is 4.79 Å². The molecule has 3 nitrogen and oxygen atoms in total. The maximum Gasteiger partial charge on any atom is 0.213 e. The van der Waals surface area contributed by atoms with Gasteiger partial charge in [0.1, 0.15) is 5.69 Å². The number of nitrogens with zero attached hydrogens (tertiary/aromatic N) is 2. The molecule has 0 bridgehead atoms. The molecule has 0 aliphatic carbocycles. The summed E-state index contributed by atoms with van der Waals surface area (Å²) in [4.78, 5) is 20.7. The molecule has 0 saturated carbocycles. The monoisotopic (exact) mass is 226 g/mol. The highest BCUT2D eigenvalue weighted by Crippen LogP contribution is 2.14. The molecule has 1 aromatic heterocycles. The van der Waals surface area contributed by atoms with Crippen molar-refractivity contribution in [2.24, 2.45) is 0 Å². The van der Waals surface area contributed by atoms with E-state index < -0.39 is 0 Å². The molecular formula is C14H14N2O. The van der Waals surface area contributed by atoms with Crippen LogP contribution in [0.25, 0.3) is 0 Å². The average molecular weight is 226 g/mol. The van der Waals surface area contributed by atoms with Gasteiger partial charge >= 0.3 is 0 Å². The fourth-order valence-electron chi connectivity index (χ4n) is 1.78. The molecule has 0 aliphatic rings. The zero-order chi connectivity index (χ0) is 12.4. The van der Waals surface area contributed by atoms with Crippen LogP contribution < -0.4 is 0 Å². The van der Waals surface area contributed by atoms with E-state index in [0.717, 1.165) is 11.3 Å². The molecule has 0 N–H and O–H groups in total. The highest BCUT2D eigenvalue weighted by molar-refractivity contribution is 6.09. The Labute approximate surface area is 101 Å². The highest BCUT2D eigenvalue weighted by atomic mass is 16.1. The lowest BCUT2D eigenvalue weighted by Gasteiger charge is -2.06. The summed E-state index contributed by atoms with van der Waals surface area (Å²) in [6, 6.07) is 7.51. The number of carbonyl (C=O) groups excluding carboxylic acids is 1. The van der Waals surface area contributed by atoms with Crippen LogP contribution in [0, 0.1) is 20.8 Å². The number of ketones is 1. The molecule has 0 spiro atoms. The predicted molar refractivity (Wildman–Crippen MR) is 66.1 cm³/mol. The maximum atomic E-state index is 12.3. The van der Waals surface area contributed by atoms with Crippen molar-refractivity contribution in [2.45, 2.75) is 20.8 Å². The van der Waals surface area contributed by atoms with Gasteiger partial charge in [0.05, 0.1) is 11.4 Å². The van der Waals surface area contributed by atoms with E-state index in [2.05, 4.69) is 9.97 Å². The predicted octanol–water partition coefficient (Wildman–Crippen LogP) is 2.63. The molecule has 0 atom stereocenters. The van der Waals surface area contributed by atoms with E-state index in [4.69, 9.17) is 0 Å². The zero-order valence-corrected chi connectivity index (χ0v) is 10.2. The summed E-state index contributed by atoms with van der Waals surface area (Å²) in [5, 5.41) is 0. The lowest BCUT2D eigenvalue weighted by Crippen LogP contribution is -2.09. The van der Waals surface area contributed by atoms with Crippen LogP contribution in [0.3, 0.4) is 0 Å². The van der Waals surface area contributed by atoms with E-state index in [0.29, 0.717) is 17.0 Å². The second kappa shape index (κ2) is 4.45. The molecular weight excluding hydrogens is 212 g/mol. The van der Waals surface area contributed by atoms with Crippen molar-refractivity contribution in [3.05, 3.63) is 58.7 Å². The molecule has 0 saturated heterocycles. The average Bonchev–Trinajstić information content (AvgIpc) is 2.29. The van der Waals surface area contributed by atoms with Gasteiger partial charge in [-0.25, -0.2) is 4.98 Å². The standard InChI is InChI=1S/C14H14N2O/c1-9-6-4-5-7-12(9)14(17)13-11(3)16-10(2)8-15-13/h4-8H,1-3H3. The Morgan fingerprint density at radius 1 is 1.12 bits per heavy atom. The summed E-state index contributed by atoms with van der Waals surface area (Å²) in [6.07, 6.45) is 1.62. The minimum atomic E-state index is -0.0619. The molecule has 1 heterocycles. The quantitative estimate of drug-likeness (QED) is 0.739. The van der Waals surface area contributed by atoms with Crippen LogP contribution in [0.2, 0.25) is 0 Å². The van der Waals surface area contributed by atoms with Crippen molar-refractivity contribution in [1.29, 1.82) is 0 Å². The van der Waals surface area contributed by atoms with Crippen LogP contribution in [0.1, 0.15) is 33.0 Å². The fourth-order valence-corrected chi connectivity index (χ4v) is 1.78. The molecule has 2 rings (SSSR count). The van der Waals surface area contributed by atoms with Crippen LogP contribution in [0.5, 0.6) is 0 Å². The second-order valence-electron chi connectivity index (χ2n) is 4.09. The van der Waals surface area contributed by atoms with E-state index >= 15 is 0 Å². The molecule has 2 aromatic rings. The van der Waals surface area contributed by atoms with E-state index in [1.165, 1.54) is 0 Å². The van der Waals surface area contributed by atoms with Gasteiger partial charge in [-0.05, 0) is 26.3 Å². The van der Waals surface area contributed by atoms with Crippen LogP contribution in [0.15, 0.2) is 30.5 Å². The van der Waals surface area contributed by atoms with Gasteiger partial charge in [-0.2, -0.15) is 0 Å². The van der Waals surface area contributed by atoms with Gasteiger partial charge in [-0.15, -0.1) is 0 Å². The van der Waals surface area contributed by atoms with Gasteiger partial charge in [0.25, 0.3) is 0 Å². The zero-order valence-electron chi connectivity index (χ0n) is 10.2. The third-order valence-electron chi connectivity index (χ3n) is 2.67. The van der Waals surface area contributed by atoms with Crippen LogP contribution in [-0.2, 0) is 0 Å². The summed E-state index contributed by atoms with van der Waals surface area (Å²) in [5.41, 5.74) is 3.58. The molecule has 1 aromatic carbocycles. The number of benzene rings is 1. The molecule has 0 amide bonds. The Balaban J connectivity index is 2.48. The third kappa shape index (κ3) is 2.23. The van der Waals surface area contributed by atoms with Crippen molar-refractivity contribution in [1.82, 2.24) is 9.97 Å². The maximum absolute atomic E-state index is 12.3. The number of rotatable bonds is 2. The Morgan fingerprint density at radius 3 is 2.47 bits per heavy atom. The summed E-state index contributed by atoms with van der Waals surface area (Å²) >= 11 is 0. The molecule has 0 unspecified atom stereocenters. The topological polar surface area (TPSA) is 42.9 Å². The van der Waals surface area contributed by atoms with E-state index in [-0.39, 0.29) is 5.78 Å². The lowest BCUT2D eigenvalue weighted by atomic mass is 10.0. The summed E-state index contributed by atoms with van der Waals surface area (Å²) in [7, 11) is 0. The number of hydrogen-bond donors (Lipinski definition) is 0. The minimum Gasteiger partial charge on any atom is -0.287 e. The fraction of sp³-hybridized carbons (Fsp3) is 0.214. The van der Waals surface area contributed by atoms with Gasteiger partial charge in [-0.1, -0.05) is 24.3 Å². The Kier molecular flexibility index (Phi) is 3.00. The first-order valence-electron chi connectivity index (χ1n) is 5.50. The molecule has 0 fully saturated rings. The number of carbonyl (C=O) groups is 1. The minimum absolute atomic E-state index is 0.0619. The van der Waals surface area contributed by atoms with Gasteiger partial charge < -0.3 is 0 Å². The van der Waals surface area contributed by atoms with Gasteiger partial charge in [0, 0.05) is 11.8 Å². The summed E-state index contributed by atoms with van der Waals surface area (Å²) in [5.74, 6) is -0.0619. The van der Waals surface area contributed by atoms with Crippen LogP contribution in [-0.4, -0.2) is 15.8 Å². The first-order chi connectivity index (χ1) is 8.09. The largest absolute Gasteiger partial charge is 0.287 e. The van der Waals surface area contributed by atoms with Crippen molar-refractivity contribution in [3.63, 3.8) is 0 Å². The van der Waals surface area contributed by atoms with Gasteiger partial charge in [0.2, 0.25) is 5.78 Å². The number of hydrogen-bond acceptors (Lipinski definition) is 3. The van der Waals surface area contributed by atoms with Crippen LogP contribution in [0.4, 0.5) is 0 Å². The van der Waals surface area contributed by atoms with E-state index in [1.807, 2.05) is 45.0 Å². The Bertz CT molecular complexity index is 576. The van der Waals surface area contributed by atoms with Crippen molar-refractivity contribution in [3.8, 4) is 0 Å². The third-order valence-corrected chi connectivity index (χ3v) is 2.67. The second-order valence-corrected chi connectivity index (χ2v) is 4.09. The molecule has 3 heteroatoms. The summed E-state index contributed by atoms with van der Waals surface area (Å²) < 4.78 is 0. The van der Waals surface area contributed by atoms with E-state index in [1.54, 1.807) is 6.20 Å². The molecule has 0 aliphatic heterocycles. The molecule has 17 heavy (non-hydrogen) atoms. The Hall–Kier alpha value is -2.03. The number of aryl methyl sites for hydroxylation is 3. The SMILES string of the molecule is Cc1cnc(C(=O)c2ccccc2C)c(C)n1. The van der Waals surface area contributed by atoms with Crippen molar-refractivity contribution >= 4 is 5.78 Å². The van der Waals surface area contributed by atoms with Gasteiger partial charge in [0.15, 0.2) is 0 Å². The normalized spacial score (nSPS) is 10.3. The first kappa shape index (κ1) is 11.5. The lowest BCUT2D eigenvalue weighted by molar-refractivity contribution is 0.103. The molecule has 86 valence electrons. The smallest absolute Gasteiger partial charge is 0.213 e. The highest BCUT2D eigenvalue weighted by Gasteiger charge is 2.15. The molecule has 0 radical (unpaired) electrons. The Morgan fingerprint density at radius 2 is 1.82 bits per heavy atom. The summed E-state index contributed by atoms with van der Waals surface area (Å²) in [6.45, 7) is 5.59. The first-order valence-corrected chi connectivity index (χ1v) is 5.50. The van der Waals surface area contributed by atoms with Gasteiger partial charge in [-0.3, -0.25) is 9.78 Å². The van der Waals surface area contributed by atoms with Crippen LogP contribution >= 0.6 is 0 Å². The van der Waals surface area contributed by atoms with Crippen molar-refractivity contribution < 1.29 is 4.79 Å².